The van der Waals surface area contributed by atoms with Crippen LogP contribution in [0.5, 0.6) is 5.75 Å². The first-order valence-corrected chi connectivity index (χ1v) is 8.06. The second-order valence-electron chi connectivity index (χ2n) is 4.43. The van der Waals surface area contributed by atoms with Crippen molar-refractivity contribution in [3.8, 4) is 5.75 Å². The molecule has 0 atom stereocenters. The smallest absolute Gasteiger partial charge is 0.462 e. The molecule has 0 amide bonds. The van der Waals surface area contributed by atoms with Crippen LogP contribution < -0.4 is 10.2 Å². The Hall–Kier alpha value is -1.05. The van der Waals surface area contributed by atoms with Gasteiger partial charge in [0.25, 0.3) is 0 Å². The third-order valence-corrected chi connectivity index (χ3v) is 3.93. The molecule has 0 saturated heterocycles. The van der Waals surface area contributed by atoms with Crippen LogP contribution in [0.1, 0.15) is 5.56 Å². The van der Waals surface area contributed by atoms with Gasteiger partial charge < -0.3 is 4.74 Å². The Morgan fingerprint density at radius 1 is 1.20 bits per heavy atom. The molecule has 0 spiro atoms. The summed E-state index contributed by atoms with van der Waals surface area (Å²) in [5.74, 6) is -5.87. The van der Waals surface area contributed by atoms with E-state index in [2.05, 4.69) is 27.6 Å². The van der Waals surface area contributed by atoms with Crippen LogP contribution >= 0.6 is 38.5 Å². The lowest BCUT2D eigenvalue weighted by Crippen LogP contribution is -2.58. The van der Waals surface area contributed by atoms with Gasteiger partial charge in [-0.25, -0.2) is 5.43 Å². The molecule has 1 rings (SSSR count). The Balaban J connectivity index is 2.94. The minimum Gasteiger partial charge on any atom is -0.487 e. The number of hydrogen-bond donors (Lipinski definition) is 1. The summed E-state index contributed by atoms with van der Waals surface area (Å²) >= 11 is 5.01. The van der Waals surface area contributed by atoms with Gasteiger partial charge in [-0.3, -0.25) is 0 Å². The van der Waals surface area contributed by atoms with Crippen molar-refractivity contribution >= 4 is 44.7 Å². The van der Waals surface area contributed by atoms with Crippen LogP contribution in [0, 0.1) is 3.57 Å². The number of halogens is 9. The van der Waals surface area contributed by atoms with Gasteiger partial charge in [0.2, 0.25) is 0 Å². The molecule has 0 saturated carbocycles. The van der Waals surface area contributed by atoms with E-state index >= 15 is 0 Å². The fourth-order valence-electron chi connectivity index (χ4n) is 1.37. The molecule has 0 aliphatic rings. The Labute approximate surface area is 159 Å². The molecule has 0 aliphatic heterocycles. The summed E-state index contributed by atoms with van der Waals surface area (Å²) < 4.78 is 93.6. The average molecular weight is 549 g/mol. The highest BCUT2D eigenvalue weighted by Gasteiger charge is 2.73. The molecule has 0 aromatic heterocycles. The van der Waals surface area contributed by atoms with Crippen molar-refractivity contribution in [1.82, 2.24) is 5.43 Å². The minimum atomic E-state index is -6.43. The predicted octanol–water partition coefficient (Wildman–Crippen LogP) is 5.33. The first kappa shape index (κ1) is 22.0. The van der Waals surface area contributed by atoms with Gasteiger partial charge >= 0.3 is 18.1 Å². The summed E-state index contributed by atoms with van der Waals surface area (Å²) in [4.78, 5) is 0. The van der Waals surface area contributed by atoms with Crippen molar-refractivity contribution in [2.24, 2.45) is 5.10 Å². The van der Waals surface area contributed by atoms with E-state index in [1.807, 2.05) is 22.6 Å². The van der Waals surface area contributed by atoms with E-state index in [1.54, 1.807) is 0 Å². The van der Waals surface area contributed by atoms with Gasteiger partial charge in [0.1, 0.15) is 12.4 Å². The quantitative estimate of drug-likeness (QED) is 0.125. The lowest BCUT2D eigenvalue weighted by molar-refractivity contribution is -0.361. The number of hydrogen-bond acceptors (Lipinski definition) is 3. The van der Waals surface area contributed by atoms with E-state index in [-0.39, 0.29) is 12.2 Å². The number of alkyl halides is 7. The summed E-state index contributed by atoms with van der Waals surface area (Å²) in [7, 11) is 0. The fraction of sp³-hybridized carbons (Fsp3) is 0.308. The van der Waals surface area contributed by atoms with Gasteiger partial charge in [-0.1, -0.05) is 12.7 Å². The Bertz CT molecular complexity index is 641. The number of hydrazone groups is 1. The average Bonchev–Trinajstić information content (AvgIpc) is 2.45. The van der Waals surface area contributed by atoms with E-state index in [0.29, 0.717) is 25.4 Å². The monoisotopic (exact) mass is 548 g/mol. The van der Waals surface area contributed by atoms with Crippen LogP contribution in [-0.4, -0.2) is 31.0 Å². The Morgan fingerprint density at radius 2 is 1.80 bits per heavy atom. The molecule has 3 nitrogen and oxygen atoms in total. The number of nitrogens with one attached hydrogen (secondary N) is 1. The zero-order chi connectivity index (χ0) is 19.5. The zero-order valence-corrected chi connectivity index (χ0v) is 15.7. The van der Waals surface area contributed by atoms with Crippen molar-refractivity contribution in [1.29, 1.82) is 0 Å². The van der Waals surface area contributed by atoms with E-state index < -0.39 is 18.1 Å². The second-order valence-corrected chi connectivity index (χ2v) is 6.45. The lowest BCUT2D eigenvalue weighted by Gasteiger charge is -2.27. The van der Waals surface area contributed by atoms with Gasteiger partial charge in [-0.2, -0.15) is 35.8 Å². The molecule has 0 heterocycles. The van der Waals surface area contributed by atoms with Crippen LogP contribution in [0.4, 0.5) is 30.7 Å². The maximum absolute atomic E-state index is 13.0. The molecule has 0 radical (unpaired) electrons. The third kappa shape index (κ3) is 5.21. The SMILES string of the molecule is C=CCOc1c(Br)cc(/C=N/NC(F)(F)C(F)(F)C(F)(F)F)cc1I. The molecular formula is C13H9BrF7IN2O. The van der Waals surface area contributed by atoms with E-state index in [9.17, 15) is 30.7 Å². The first-order valence-electron chi connectivity index (χ1n) is 6.19. The van der Waals surface area contributed by atoms with Crippen LogP contribution in [0.2, 0.25) is 0 Å². The molecule has 0 unspecified atom stereocenters. The topological polar surface area (TPSA) is 33.6 Å². The molecule has 1 N–H and O–H groups in total. The zero-order valence-electron chi connectivity index (χ0n) is 12.0. The molecule has 0 fully saturated rings. The van der Waals surface area contributed by atoms with Gasteiger partial charge in [-0.15, -0.1) is 0 Å². The summed E-state index contributed by atoms with van der Waals surface area (Å²) in [5, 5.41) is 2.78. The van der Waals surface area contributed by atoms with Crippen molar-refractivity contribution < 1.29 is 35.5 Å². The van der Waals surface area contributed by atoms with Crippen LogP contribution in [0.25, 0.3) is 0 Å². The summed E-state index contributed by atoms with van der Waals surface area (Å²) in [6.45, 7) is 3.67. The summed E-state index contributed by atoms with van der Waals surface area (Å²) in [5.41, 5.74) is 0.700. The van der Waals surface area contributed by atoms with Crippen LogP contribution in [0.3, 0.4) is 0 Å². The maximum atomic E-state index is 13.0. The highest BCUT2D eigenvalue weighted by atomic mass is 127. The van der Waals surface area contributed by atoms with Gasteiger partial charge in [0.05, 0.1) is 14.3 Å². The Morgan fingerprint density at radius 3 is 2.28 bits per heavy atom. The van der Waals surface area contributed by atoms with E-state index in [0.717, 1.165) is 0 Å². The summed E-state index contributed by atoms with van der Waals surface area (Å²) in [6, 6.07) is -2.86. The molecule has 0 bridgehead atoms. The van der Waals surface area contributed by atoms with Gasteiger partial charge in [0, 0.05) is 0 Å². The van der Waals surface area contributed by atoms with Crippen LogP contribution in [-0.2, 0) is 0 Å². The highest BCUT2D eigenvalue weighted by molar-refractivity contribution is 14.1. The minimum absolute atomic E-state index is 0.154. The number of ether oxygens (including phenoxy) is 1. The third-order valence-electron chi connectivity index (χ3n) is 2.54. The van der Waals surface area contributed by atoms with Gasteiger partial charge in [0.15, 0.2) is 0 Å². The standard InChI is InChI=1S/C13H9BrF7IN2O/c1-2-3-25-10-8(14)4-7(5-9(10)22)6-23-24-13(20,21)11(15,16)12(17,18)19/h2,4-6,24H,1,3H2/b23-6+. The lowest BCUT2D eigenvalue weighted by atomic mass is 10.2. The van der Waals surface area contributed by atoms with Crippen molar-refractivity contribution in [2.75, 3.05) is 6.61 Å². The second kappa shape index (κ2) is 8.10. The number of benzene rings is 1. The molecule has 25 heavy (non-hydrogen) atoms. The molecule has 12 heteroatoms. The van der Waals surface area contributed by atoms with E-state index in [1.165, 1.54) is 18.2 Å². The van der Waals surface area contributed by atoms with Crippen LogP contribution in [0.15, 0.2) is 34.4 Å². The van der Waals surface area contributed by atoms with E-state index in [4.69, 9.17) is 4.74 Å². The highest BCUT2D eigenvalue weighted by Crippen LogP contribution is 2.45. The van der Waals surface area contributed by atoms with Crippen molar-refractivity contribution in [3.05, 3.63) is 38.4 Å². The molecule has 0 aliphatic carbocycles. The number of nitrogens with zero attached hydrogens (tertiary/aromatic N) is 1. The molecule has 140 valence electrons. The number of rotatable bonds is 7. The van der Waals surface area contributed by atoms with Crippen molar-refractivity contribution in [3.63, 3.8) is 0 Å². The fourth-order valence-corrected chi connectivity index (χ4v) is 3.14. The normalized spacial score (nSPS) is 13.2. The molecule has 1 aromatic rings. The Kier molecular flexibility index (Phi) is 7.12. The molecular weight excluding hydrogens is 540 g/mol. The largest absolute Gasteiger partial charge is 0.487 e. The first-order chi connectivity index (χ1) is 11.3. The maximum Gasteiger partial charge on any atom is 0.462 e. The van der Waals surface area contributed by atoms with Crippen molar-refractivity contribution in [2.45, 2.75) is 18.1 Å². The predicted molar refractivity (Wildman–Crippen MR) is 89.2 cm³/mol. The summed E-state index contributed by atoms with van der Waals surface area (Å²) in [6.07, 6.45) is -4.27. The van der Waals surface area contributed by atoms with Gasteiger partial charge in [-0.05, 0) is 56.2 Å². The molecule has 1 aromatic carbocycles.